The molecule has 2 fully saturated rings. The van der Waals surface area contributed by atoms with Crippen LogP contribution in [-0.2, 0) is 4.74 Å². The number of nitrogens with zero attached hydrogens (tertiary/aromatic N) is 1. The summed E-state index contributed by atoms with van der Waals surface area (Å²) in [6.07, 6.45) is 6.28. The van der Waals surface area contributed by atoms with Crippen LogP contribution >= 0.6 is 0 Å². The fraction of sp³-hybridized carbons (Fsp3) is 0.714. The van der Waals surface area contributed by atoms with E-state index in [4.69, 9.17) is 9.47 Å². The van der Waals surface area contributed by atoms with Crippen LogP contribution in [0.3, 0.4) is 0 Å². The average molecular weight is 363 g/mol. The lowest BCUT2D eigenvalue weighted by Crippen LogP contribution is -2.52. The number of aliphatic hydroxyl groups is 2. The van der Waals surface area contributed by atoms with Gasteiger partial charge in [0.15, 0.2) is 0 Å². The van der Waals surface area contributed by atoms with Crippen molar-refractivity contribution in [3.05, 3.63) is 29.8 Å². The number of rotatable bonds is 5. The van der Waals surface area contributed by atoms with Crippen LogP contribution in [0.4, 0.5) is 0 Å². The molecule has 0 bridgehead atoms. The summed E-state index contributed by atoms with van der Waals surface area (Å²) >= 11 is 0. The molecule has 1 aromatic carbocycles. The monoisotopic (exact) mass is 363 g/mol. The molecule has 2 aliphatic rings. The van der Waals surface area contributed by atoms with Crippen molar-refractivity contribution in [3.63, 3.8) is 0 Å². The van der Waals surface area contributed by atoms with E-state index in [0.29, 0.717) is 19.7 Å². The first-order valence-electron chi connectivity index (χ1n) is 9.91. The third kappa shape index (κ3) is 5.43. The number of ether oxygens (including phenoxy) is 2. The molecule has 3 rings (SSSR count). The van der Waals surface area contributed by atoms with Gasteiger partial charge in [-0.2, -0.15) is 0 Å². The molecule has 5 heteroatoms. The van der Waals surface area contributed by atoms with Gasteiger partial charge in [-0.1, -0.05) is 43.9 Å². The highest BCUT2D eigenvalue weighted by atomic mass is 16.5. The lowest BCUT2D eigenvalue weighted by Gasteiger charge is -2.36. The number of para-hydroxylation sites is 1. The second kappa shape index (κ2) is 8.70. The molecule has 1 heterocycles. The van der Waals surface area contributed by atoms with Crippen molar-refractivity contribution >= 4 is 0 Å². The van der Waals surface area contributed by atoms with Gasteiger partial charge in [-0.05, 0) is 31.4 Å². The molecule has 5 nitrogen and oxygen atoms in total. The van der Waals surface area contributed by atoms with Crippen LogP contribution in [0, 0.1) is 6.92 Å². The van der Waals surface area contributed by atoms with E-state index in [1.54, 1.807) is 0 Å². The normalized spacial score (nSPS) is 27.5. The Bertz CT molecular complexity index is 571. The molecular formula is C21H33NO4. The summed E-state index contributed by atoms with van der Waals surface area (Å²) in [6.45, 7) is 4.80. The molecule has 1 aromatic rings. The molecule has 0 unspecified atom stereocenters. The Balaban J connectivity index is 1.61. The van der Waals surface area contributed by atoms with E-state index < -0.39 is 11.2 Å². The van der Waals surface area contributed by atoms with Gasteiger partial charge in [0.1, 0.15) is 18.0 Å². The van der Waals surface area contributed by atoms with Crippen molar-refractivity contribution in [2.75, 3.05) is 39.5 Å². The molecule has 0 spiro atoms. The molecule has 1 aliphatic heterocycles. The summed E-state index contributed by atoms with van der Waals surface area (Å²) in [7, 11) is 0. The van der Waals surface area contributed by atoms with Gasteiger partial charge in [-0.15, -0.1) is 0 Å². The Morgan fingerprint density at radius 1 is 1.08 bits per heavy atom. The van der Waals surface area contributed by atoms with E-state index >= 15 is 0 Å². The first kappa shape index (κ1) is 19.6. The third-order valence-electron chi connectivity index (χ3n) is 5.58. The van der Waals surface area contributed by atoms with Crippen molar-refractivity contribution in [2.45, 2.75) is 56.7 Å². The zero-order valence-corrected chi connectivity index (χ0v) is 16.0. The smallest absolute Gasteiger partial charge is 0.134 e. The van der Waals surface area contributed by atoms with Gasteiger partial charge in [0.25, 0.3) is 0 Å². The van der Waals surface area contributed by atoms with Crippen molar-refractivity contribution in [2.24, 2.45) is 0 Å². The van der Waals surface area contributed by atoms with Gasteiger partial charge in [-0.3, -0.25) is 4.90 Å². The first-order chi connectivity index (χ1) is 12.5. The maximum atomic E-state index is 11.1. The molecule has 1 saturated carbocycles. The largest absolute Gasteiger partial charge is 0.490 e. The van der Waals surface area contributed by atoms with Crippen LogP contribution in [0.5, 0.6) is 5.75 Å². The van der Waals surface area contributed by atoms with Crippen molar-refractivity contribution < 1.29 is 19.7 Å². The first-order valence-corrected chi connectivity index (χ1v) is 9.91. The van der Waals surface area contributed by atoms with E-state index in [-0.39, 0.29) is 13.2 Å². The number of β-amino-alcohol motifs (C(OH)–C–C–N with tert-alkyl or cyclic N) is 2. The zero-order valence-electron chi connectivity index (χ0n) is 16.0. The van der Waals surface area contributed by atoms with Crippen LogP contribution in [0.2, 0.25) is 0 Å². The molecule has 2 N–H and O–H groups in total. The van der Waals surface area contributed by atoms with Crippen molar-refractivity contribution in [3.8, 4) is 5.75 Å². The van der Waals surface area contributed by atoms with Crippen LogP contribution in [0.25, 0.3) is 0 Å². The fourth-order valence-electron chi connectivity index (χ4n) is 4.11. The summed E-state index contributed by atoms with van der Waals surface area (Å²) in [5.41, 5.74) is -0.659. The van der Waals surface area contributed by atoms with Crippen molar-refractivity contribution in [1.29, 1.82) is 0 Å². The number of hydrogen-bond donors (Lipinski definition) is 2. The molecule has 1 aliphatic carbocycles. The molecule has 146 valence electrons. The lowest BCUT2D eigenvalue weighted by molar-refractivity contribution is -0.0734. The maximum Gasteiger partial charge on any atom is 0.134 e. The topological polar surface area (TPSA) is 62.2 Å². The summed E-state index contributed by atoms with van der Waals surface area (Å²) in [5, 5.41) is 22.1. The average Bonchev–Trinajstić information content (AvgIpc) is 2.92. The van der Waals surface area contributed by atoms with E-state index in [1.807, 2.05) is 31.2 Å². The Morgan fingerprint density at radius 2 is 1.81 bits per heavy atom. The standard InChI is InChI=1S/C21H33NO4/c1-18-8-4-5-9-19(18)26-17-21(24)15-22(12-13-25-16-21)14-20(23)10-6-2-3-7-11-20/h4-5,8-9,23-24H,2-3,6-7,10-17H2,1H3/t21-/m0/s1. The molecule has 26 heavy (non-hydrogen) atoms. The van der Waals surface area contributed by atoms with Gasteiger partial charge < -0.3 is 19.7 Å². The molecule has 0 aromatic heterocycles. The quantitative estimate of drug-likeness (QED) is 0.787. The second-order valence-corrected chi connectivity index (χ2v) is 8.18. The predicted octanol–water partition coefficient (Wildman–Crippen LogP) is 2.52. The number of aryl methyl sites for hydroxylation is 1. The Labute approximate surface area is 156 Å². The summed E-state index contributed by atoms with van der Waals surface area (Å²) in [6, 6.07) is 7.82. The fourth-order valence-corrected chi connectivity index (χ4v) is 4.11. The van der Waals surface area contributed by atoms with E-state index in [0.717, 1.165) is 43.5 Å². The van der Waals surface area contributed by atoms with Crippen LogP contribution in [-0.4, -0.2) is 65.8 Å². The molecule has 0 radical (unpaired) electrons. The minimum Gasteiger partial charge on any atom is -0.490 e. The maximum absolute atomic E-state index is 11.1. The van der Waals surface area contributed by atoms with Gasteiger partial charge in [0.2, 0.25) is 0 Å². The van der Waals surface area contributed by atoms with Crippen LogP contribution < -0.4 is 4.74 Å². The van der Waals surface area contributed by atoms with E-state index in [1.165, 1.54) is 12.8 Å². The van der Waals surface area contributed by atoms with Crippen LogP contribution in [0.1, 0.15) is 44.1 Å². The highest BCUT2D eigenvalue weighted by molar-refractivity contribution is 5.31. The van der Waals surface area contributed by atoms with Crippen molar-refractivity contribution in [1.82, 2.24) is 4.90 Å². The van der Waals surface area contributed by atoms with Crippen LogP contribution in [0.15, 0.2) is 24.3 Å². The minimum atomic E-state index is -1.07. The van der Waals surface area contributed by atoms with Gasteiger partial charge in [0.05, 0.1) is 18.8 Å². The summed E-state index contributed by atoms with van der Waals surface area (Å²) < 4.78 is 11.6. The third-order valence-corrected chi connectivity index (χ3v) is 5.58. The van der Waals surface area contributed by atoms with Gasteiger partial charge in [-0.25, -0.2) is 0 Å². The van der Waals surface area contributed by atoms with E-state index in [9.17, 15) is 10.2 Å². The molecule has 1 saturated heterocycles. The minimum absolute atomic E-state index is 0.187. The highest BCUT2D eigenvalue weighted by Crippen LogP contribution is 2.29. The zero-order chi connectivity index (χ0) is 18.5. The second-order valence-electron chi connectivity index (χ2n) is 8.18. The molecule has 0 amide bonds. The Hall–Kier alpha value is -1.14. The van der Waals surface area contributed by atoms with Gasteiger partial charge >= 0.3 is 0 Å². The SMILES string of the molecule is Cc1ccccc1OC[C@@]1(O)COCCN(CC2(O)CCCCCC2)C1. The Morgan fingerprint density at radius 3 is 2.54 bits per heavy atom. The molecular weight excluding hydrogens is 330 g/mol. The summed E-state index contributed by atoms with van der Waals surface area (Å²) in [5.74, 6) is 0.791. The van der Waals surface area contributed by atoms with Gasteiger partial charge in [0, 0.05) is 19.6 Å². The number of hydrogen-bond acceptors (Lipinski definition) is 5. The predicted molar refractivity (Wildman–Crippen MR) is 102 cm³/mol. The van der Waals surface area contributed by atoms with E-state index in [2.05, 4.69) is 4.90 Å². The highest BCUT2D eigenvalue weighted by Gasteiger charge is 2.37. The number of benzene rings is 1. The lowest BCUT2D eigenvalue weighted by atomic mass is 9.93. The molecule has 1 atom stereocenters. The Kier molecular flexibility index (Phi) is 6.56. The summed E-state index contributed by atoms with van der Waals surface area (Å²) in [4.78, 5) is 2.15.